The Labute approximate surface area is 104 Å². The number of carboxylic acids is 1. The van der Waals surface area contributed by atoms with Crippen LogP contribution in [0.2, 0.25) is 0 Å². The summed E-state index contributed by atoms with van der Waals surface area (Å²) in [5.41, 5.74) is 6.19. The molecule has 6 nitrogen and oxygen atoms in total. The number of carbonyl (C=O) groups is 2. The maximum absolute atomic E-state index is 11.1. The predicted molar refractivity (Wildman–Crippen MR) is 65.4 cm³/mol. The molecule has 1 amide bonds. The number of nitrogens with zero attached hydrogens (tertiary/aromatic N) is 2. The second-order valence-corrected chi connectivity index (χ2v) is 4.35. The highest BCUT2D eigenvalue weighted by molar-refractivity contribution is 5.91. The molecule has 0 saturated carbocycles. The van der Waals surface area contributed by atoms with Crippen LogP contribution in [0.3, 0.4) is 0 Å². The number of rotatable bonds is 4. The van der Waals surface area contributed by atoms with Crippen LogP contribution in [0.5, 0.6) is 0 Å². The molecule has 1 atom stereocenters. The monoisotopic (exact) mass is 249 g/mol. The summed E-state index contributed by atoms with van der Waals surface area (Å²) < 4.78 is 0. The zero-order chi connectivity index (χ0) is 13.1. The van der Waals surface area contributed by atoms with Gasteiger partial charge in [-0.25, -0.2) is 0 Å². The number of carbonyl (C=O) groups excluding carboxylic acids is 1. The molecule has 6 heteroatoms. The van der Waals surface area contributed by atoms with E-state index in [9.17, 15) is 9.59 Å². The molecule has 1 aromatic rings. The summed E-state index contributed by atoms with van der Waals surface area (Å²) in [6.07, 6.45) is 3.42. The molecule has 1 unspecified atom stereocenters. The lowest BCUT2D eigenvalue weighted by Gasteiger charge is -2.25. The molecule has 2 rings (SSSR count). The molecule has 0 spiro atoms. The summed E-state index contributed by atoms with van der Waals surface area (Å²) in [5.74, 6) is -1.39. The van der Waals surface area contributed by atoms with Crippen molar-refractivity contribution in [3.8, 4) is 0 Å². The first-order valence-corrected chi connectivity index (χ1v) is 5.82. The molecule has 96 valence electrons. The molecule has 0 radical (unpaired) electrons. The van der Waals surface area contributed by atoms with Gasteiger partial charge in [-0.15, -0.1) is 0 Å². The van der Waals surface area contributed by atoms with Gasteiger partial charge >= 0.3 is 5.97 Å². The molecule has 1 aromatic heterocycles. The van der Waals surface area contributed by atoms with Crippen molar-refractivity contribution in [1.82, 2.24) is 4.98 Å². The zero-order valence-corrected chi connectivity index (χ0v) is 9.87. The van der Waals surface area contributed by atoms with Gasteiger partial charge < -0.3 is 15.7 Å². The minimum Gasteiger partial charge on any atom is -0.481 e. The van der Waals surface area contributed by atoms with Gasteiger partial charge in [0, 0.05) is 24.5 Å². The van der Waals surface area contributed by atoms with Crippen molar-refractivity contribution in [3.05, 3.63) is 24.0 Å². The molecular formula is C12H15N3O3. The standard InChI is InChI=1S/C12H15N3O3/c13-12(18)10-6-9(3-4-14-10)15-5-1-2-8(15)7-11(16)17/h3-4,6,8H,1-2,5,7H2,(H2,13,18)(H,16,17). The van der Waals surface area contributed by atoms with Gasteiger partial charge in [-0.2, -0.15) is 0 Å². The lowest BCUT2D eigenvalue weighted by molar-refractivity contribution is -0.137. The Hall–Kier alpha value is -2.11. The van der Waals surface area contributed by atoms with E-state index in [1.54, 1.807) is 12.1 Å². The van der Waals surface area contributed by atoms with E-state index in [1.165, 1.54) is 6.20 Å². The first-order chi connectivity index (χ1) is 8.58. The fourth-order valence-corrected chi connectivity index (χ4v) is 2.32. The van der Waals surface area contributed by atoms with Gasteiger partial charge in [0.2, 0.25) is 0 Å². The maximum Gasteiger partial charge on any atom is 0.305 e. The van der Waals surface area contributed by atoms with Crippen molar-refractivity contribution >= 4 is 17.6 Å². The number of primary amides is 1. The fourth-order valence-electron chi connectivity index (χ4n) is 2.32. The third-order valence-electron chi connectivity index (χ3n) is 3.11. The quantitative estimate of drug-likeness (QED) is 0.815. The molecule has 0 bridgehead atoms. The van der Waals surface area contributed by atoms with Crippen LogP contribution in [0.4, 0.5) is 5.69 Å². The Morgan fingerprint density at radius 1 is 1.56 bits per heavy atom. The summed E-state index contributed by atoms with van der Waals surface area (Å²) in [5, 5.41) is 8.87. The summed E-state index contributed by atoms with van der Waals surface area (Å²) >= 11 is 0. The van der Waals surface area contributed by atoms with E-state index in [2.05, 4.69) is 4.98 Å². The Balaban J connectivity index is 2.21. The van der Waals surface area contributed by atoms with Crippen LogP contribution in [0.25, 0.3) is 0 Å². The summed E-state index contributed by atoms with van der Waals surface area (Å²) in [7, 11) is 0. The number of aromatic nitrogens is 1. The largest absolute Gasteiger partial charge is 0.481 e. The number of amides is 1. The van der Waals surface area contributed by atoms with E-state index in [4.69, 9.17) is 10.8 Å². The van der Waals surface area contributed by atoms with Gasteiger partial charge in [-0.1, -0.05) is 0 Å². The van der Waals surface area contributed by atoms with E-state index in [0.29, 0.717) is 0 Å². The molecule has 0 aliphatic carbocycles. The lowest BCUT2D eigenvalue weighted by atomic mass is 10.1. The SMILES string of the molecule is NC(=O)c1cc(N2CCCC2CC(=O)O)ccn1. The number of nitrogens with two attached hydrogens (primary N) is 1. The summed E-state index contributed by atoms with van der Waals surface area (Å²) in [6, 6.07) is 3.36. The van der Waals surface area contributed by atoms with Crippen molar-refractivity contribution in [2.75, 3.05) is 11.4 Å². The van der Waals surface area contributed by atoms with E-state index in [-0.39, 0.29) is 18.2 Å². The van der Waals surface area contributed by atoms with Crippen LogP contribution >= 0.6 is 0 Å². The van der Waals surface area contributed by atoms with Crippen LogP contribution in [-0.4, -0.2) is 34.6 Å². The molecule has 1 saturated heterocycles. The molecule has 3 N–H and O–H groups in total. The smallest absolute Gasteiger partial charge is 0.305 e. The van der Waals surface area contributed by atoms with E-state index >= 15 is 0 Å². The molecule has 0 aromatic carbocycles. The number of pyridine rings is 1. The first kappa shape index (κ1) is 12.3. The molecular weight excluding hydrogens is 234 g/mol. The Bertz CT molecular complexity index is 475. The van der Waals surface area contributed by atoms with Gasteiger partial charge in [0.15, 0.2) is 0 Å². The minimum atomic E-state index is -0.809. The van der Waals surface area contributed by atoms with Crippen LogP contribution in [0, 0.1) is 0 Å². The first-order valence-electron chi connectivity index (χ1n) is 5.82. The highest BCUT2D eigenvalue weighted by Crippen LogP contribution is 2.27. The third-order valence-corrected chi connectivity index (χ3v) is 3.11. The second kappa shape index (κ2) is 5.03. The van der Waals surface area contributed by atoms with Gasteiger partial charge in [0.05, 0.1) is 6.42 Å². The average molecular weight is 249 g/mol. The van der Waals surface area contributed by atoms with Crippen LogP contribution in [0.15, 0.2) is 18.3 Å². The number of aliphatic carboxylic acids is 1. The lowest BCUT2D eigenvalue weighted by Crippen LogP contribution is -2.31. The topological polar surface area (TPSA) is 96.5 Å². The van der Waals surface area contributed by atoms with Crippen molar-refractivity contribution in [3.63, 3.8) is 0 Å². The van der Waals surface area contributed by atoms with Gasteiger partial charge in [0.25, 0.3) is 5.91 Å². The number of hydrogen-bond acceptors (Lipinski definition) is 4. The molecule has 1 aliphatic heterocycles. The third kappa shape index (κ3) is 2.58. The summed E-state index contributed by atoms with van der Waals surface area (Å²) in [4.78, 5) is 27.7. The fraction of sp³-hybridized carbons (Fsp3) is 0.417. The normalized spacial score (nSPS) is 18.9. The van der Waals surface area contributed by atoms with Crippen molar-refractivity contribution < 1.29 is 14.7 Å². The highest BCUT2D eigenvalue weighted by Gasteiger charge is 2.27. The minimum absolute atomic E-state index is 0.0226. The predicted octanol–water partition coefficient (Wildman–Crippen LogP) is 0.624. The van der Waals surface area contributed by atoms with E-state index in [1.807, 2.05) is 4.90 Å². The Morgan fingerprint density at radius 2 is 2.33 bits per heavy atom. The van der Waals surface area contributed by atoms with Crippen LogP contribution in [0.1, 0.15) is 29.8 Å². The van der Waals surface area contributed by atoms with Gasteiger partial charge in [0.1, 0.15) is 5.69 Å². The van der Waals surface area contributed by atoms with Crippen LogP contribution in [-0.2, 0) is 4.79 Å². The molecule has 1 aliphatic rings. The van der Waals surface area contributed by atoms with Crippen molar-refractivity contribution in [2.45, 2.75) is 25.3 Å². The van der Waals surface area contributed by atoms with E-state index in [0.717, 1.165) is 25.1 Å². The van der Waals surface area contributed by atoms with Crippen LogP contribution < -0.4 is 10.6 Å². The number of anilines is 1. The number of hydrogen-bond donors (Lipinski definition) is 2. The second-order valence-electron chi connectivity index (χ2n) is 4.35. The average Bonchev–Trinajstić information content (AvgIpc) is 2.76. The molecule has 2 heterocycles. The zero-order valence-electron chi connectivity index (χ0n) is 9.87. The number of carboxylic acid groups (broad SMARTS) is 1. The Morgan fingerprint density at radius 3 is 3.00 bits per heavy atom. The Kier molecular flexibility index (Phi) is 3.45. The molecule has 18 heavy (non-hydrogen) atoms. The van der Waals surface area contributed by atoms with Gasteiger partial charge in [-0.05, 0) is 25.0 Å². The summed E-state index contributed by atoms with van der Waals surface area (Å²) in [6.45, 7) is 0.792. The maximum atomic E-state index is 11.1. The van der Waals surface area contributed by atoms with Crippen molar-refractivity contribution in [2.24, 2.45) is 5.73 Å². The van der Waals surface area contributed by atoms with Gasteiger partial charge in [-0.3, -0.25) is 14.6 Å². The molecule has 1 fully saturated rings. The highest BCUT2D eigenvalue weighted by atomic mass is 16.4. The van der Waals surface area contributed by atoms with E-state index < -0.39 is 11.9 Å². The van der Waals surface area contributed by atoms with Crippen molar-refractivity contribution in [1.29, 1.82) is 0 Å².